The third-order valence-electron chi connectivity index (χ3n) is 2.33. The molecule has 98 valence electrons. The Hall–Kier alpha value is -2.32. The van der Waals surface area contributed by atoms with E-state index < -0.39 is 5.82 Å². The maximum absolute atomic E-state index is 13.3. The lowest BCUT2D eigenvalue weighted by Gasteiger charge is -2.07. The van der Waals surface area contributed by atoms with Gasteiger partial charge in [-0.1, -0.05) is 11.8 Å². The number of nitrogens with zero attached hydrogens (tertiary/aromatic N) is 2. The second kappa shape index (κ2) is 6.57. The third-order valence-corrected chi connectivity index (χ3v) is 2.33. The molecule has 0 bridgehead atoms. The van der Waals surface area contributed by atoms with Crippen molar-refractivity contribution in [3.63, 3.8) is 0 Å². The van der Waals surface area contributed by atoms with Crippen LogP contribution < -0.4 is 4.74 Å². The van der Waals surface area contributed by atoms with Crippen LogP contribution in [0.25, 0.3) is 0 Å². The number of hydrogen-bond acceptors (Lipinski definition) is 3. The van der Waals surface area contributed by atoms with Gasteiger partial charge < -0.3 is 9.84 Å². The van der Waals surface area contributed by atoms with Crippen molar-refractivity contribution in [3.8, 4) is 17.6 Å². The SMILES string of the molecule is OCC#Cc1cc(F)cc(OCCn2cccn2)c1. The van der Waals surface area contributed by atoms with Gasteiger partial charge in [0.15, 0.2) is 0 Å². The monoisotopic (exact) mass is 260 g/mol. The van der Waals surface area contributed by atoms with Crippen molar-refractivity contribution >= 4 is 0 Å². The van der Waals surface area contributed by atoms with Crippen LogP contribution in [0.5, 0.6) is 5.75 Å². The smallest absolute Gasteiger partial charge is 0.128 e. The molecule has 2 rings (SSSR count). The number of benzene rings is 1. The fourth-order valence-corrected chi connectivity index (χ4v) is 1.55. The van der Waals surface area contributed by atoms with Gasteiger partial charge in [0, 0.05) is 24.0 Å². The van der Waals surface area contributed by atoms with Crippen molar-refractivity contribution in [3.05, 3.63) is 48.0 Å². The zero-order chi connectivity index (χ0) is 13.5. The van der Waals surface area contributed by atoms with E-state index in [1.807, 2.05) is 12.3 Å². The van der Waals surface area contributed by atoms with E-state index in [4.69, 9.17) is 9.84 Å². The normalized spacial score (nSPS) is 9.79. The molecule has 1 N–H and O–H groups in total. The molecule has 4 nitrogen and oxygen atoms in total. The highest BCUT2D eigenvalue weighted by atomic mass is 19.1. The van der Waals surface area contributed by atoms with Gasteiger partial charge in [0.1, 0.15) is 24.8 Å². The van der Waals surface area contributed by atoms with Crippen LogP contribution in [0, 0.1) is 17.7 Å². The van der Waals surface area contributed by atoms with Crippen LogP contribution in [0.4, 0.5) is 4.39 Å². The van der Waals surface area contributed by atoms with Gasteiger partial charge in [0.05, 0.1) is 6.54 Å². The molecular weight excluding hydrogens is 247 g/mol. The molecule has 0 aliphatic rings. The Balaban J connectivity index is 1.97. The Kier molecular flexibility index (Phi) is 4.54. The molecule has 0 spiro atoms. The van der Waals surface area contributed by atoms with Crippen LogP contribution in [0.1, 0.15) is 5.56 Å². The van der Waals surface area contributed by atoms with Crippen molar-refractivity contribution < 1.29 is 14.2 Å². The first-order valence-corrected chi connectivity index (χ1v) is 5.78. The summed E-state index contributed by atoms with van der Waals surface area (Å²) >= 11 is 0. The van der Waals surface area contributed by atoms with Crippen LogP contribution in [0.2, 0.25) is 0 Å². The minimum atomic E-state index is -0.418. The lowest BCUT2D eigenvalue weighted by molar-refractivity contribution is 0.290. The molecule has 1 aromatic heterocycles. The van der Waals surface area contributed by atoms with Crippen molar-refractivity contribution in [1.29, 1.82) is 0 Å². The summed E-state index contributed by atoms with van der Waals surface area (Å²) in [5.74, 6) is 5.10. The summed E-state index contributed by atoms with van der Waals surface area (Å²) in [5, 5.41) is 12.6. The summed E-state index contributed by atoms with van der Waals surface area (Å²) < 4.78 is 20.5. The largest absolute Gasteiger partial charge is 0.492 e. The first kappa shape index (κ1) is 13.1. The molecule has 1 heterocycles. The predicted molar refractivity (Wildman–Crippen MR) is 68.1 cm³/mol. The minimum Gasteiger partial charge on any atom is -0.492 e. The predicted octanol–water partition coefficient (Wildman–Crippen LogP) is 1.44. The van der Waals surface area contributed by atoms with Crippen LogP contribution in [0.15, 0.2) is 36.7 Å². The zero-order valence-corrected chi connectivity index (χ0v) is 10.2. The molecular formula is C14H13FN2O2. The molecule has 19 heavy (non-hydrogen) atoms. The van der Waals surface area contributed by atoms with Gasteiger partial charge in [-0.25, -0.2) is 4.39 Å². The average Bonchev–Trinajstić information content (AvgIpc) is 2.89. The van der Waals surface area contributed by atoms with Crippen LogP contribution in [0.3, 0.4) is 0 Å². The first-order valence-electron chi connectivity index (χ1n) is 5.78. The Bertz CT molecular complexity index is 585. The number of aliphatic hydroxyl groups is 1. The molecule has 1 aromatic carbocycles. The number of halogens is 1. The second-order valence-corrected chi connectivity index (χ2v) is 3.75. The van der Waals surface area contributed by atoms with Crippen molar-refractivity contribution in [1.82, 2.24) is 9.78 Å². The third kappa shape index (κ3) is 4.12. The van der Waals surface area contributed by atoms with E-state index >= 15 is 0 Å². The summed E-state index contributed by atoms with van der Waals surface area (Å²) in [4.78, 5) is 0. The molecule has 0 saturated heterocycles. The van der Waals surface area contributed by atoms with E-state index in [1.54, 1.807) is 16.9 Å². The summed E-state index contributed by atoms with van der Waals surface area (Å²) in [6, 6.07) is 6.05. The maximum Gasteiger partial charge on any atom is 0.128 e. The number of hydrogen-bond donors (Lipinski definition) is 1. The fraction of sp³-hybridized carbons (Fsp3) is 0.214. The summed E-state index contributed by atoms with van der Waals surface area (Å²) in [6.07, 6.45) is 3.51. The number of ether oxygens (including phenoxy) is 1. The summed E-state index contributed by atoms with van der Waals surface area (Å²) in [5.41, 5.74) is 0.475. The zero-order valence-electron chi connectivity index (χ0n) is 10.2. The first-order chi connectivity index (χ1) is 9.28. The molecule has 0 aliphatic heterocycles. The van der Waals surface area contributed by atoms with Gasteiger partial charge in [0.25, 0.3) is 0 Å². The molecule has 0 atom stereocenters. The van der Waals surface area contributed by atoms with Crippen molar-refractivity contribution in [2.24, 2.45) is 0 Å². The fourth-order valence-electron chi connectivity index (χ4n) is 1.55. The highest BCUT2D eigenvalue weighted by molar-refractivity contribution is 5.40. The molecule has 0 amide bonds. The van der Waals surface area contributed by atoms with E-state index in [0.29, 0.717) is 24.5 Å². The Morgan fingerprint density at radius 1 is 1.37 bits per heavy atom. The van der Waals surface area contributed by atoms with Gasteiger partial charge in [-0.2, -0.15) is 5.10 Å². The van der Waals surface area contributed by atoms with E-state index in [-0.39, 0.29) is 6.61 Å². The van der Waals surface area contributed by atoms with E-state index in [1.165, 1.54) is 12.1 Å². The van der Waals surface area contributed by atoms with Gasteiger partial charge in [-0.05, 0) is 18.2 Å². The summed E-state index contributed by atoms with van der Waals surface area (Å²) in [6.45, 7) is 0.713. The average molecular weight is 260 g/mol. The van der Waals surface area contributed by atoms with Crippen LogP contribution in [-0.4, -0.2) is 28.1 Å². The van der Waals surface area contributed by atoms with Gasteiger partial charge in [-0.3, -0.25) is 4.68 Å². The highest BCUT2D eigenvalue weighted by Gasteiger charge is 2.00. The lowest BCUT2D eigenvalue weighted by atomic mass is 10.2. The Morgan fingerprint density at radius 2 is 2.26 bits per heavy atom. The Morgan fingerprint density at radius 3 is 3.00 bits per heavy atom. The van der Waals surface area contributed by atoms with Gasteiger partial charge >= 0.3 is 0 Å². The quantitative estimate of drug-likeness (QED) is 0.846. The topological polar surface area (TPSA) is 47.3 Å². The lowest BCUT2D eigenvalue weighted by Crippen LogP contribution is -2.08. The van der Waals surface area contributed by atoms with Crippen molar-refractivity contribution in [2.75, 3.05) is 13.2 Å². The van der Waals surface area contributed by atoms with Crippen LogP contribution in [-0.2, 0) is 6.54 Å². The van der Waals surface area contributed by atoms with E-state index in [0.717, 1.165) is 0 Å². The van der Waals surface area contributed by atoms with E-state index in [9.17, 15) is 4.39 Å². The standard InChI is InChI=1S/C14H13FN2O2/c15-13-9-12(3-1-7-18)10-14(11-13)19-8-6-17-5-2-4-16-17/h2,4-5,9-11,18H,6-8H2. The molecule has 0 unspecified atom stereocenters. The molecule has 0 saturated carbocycles. The maximum atomic E-state index is 13.3. The van der Waals surface area contributed by atoms with Crippen molar-refractivity contribution in [2.45, 2.75) is 6.54 Å². The molecule has 5 heteroatoms. The minimum absolute atomic E-state index is 0.258. The van der Waals surface area contributed by atoms with Gasteiger partial charge in [0.2, 0.25) is 0 Å². The molecule has 2 aromatic rings. The summed E-state index contributed by atoms with van der Waals surface area (Å²) in [7, 11) is 0. The second-order valence-electron chi connectivity index (χ2n) is 3.75. The molecule has 0 radical (unpaired) electrons. The number of aromatic nitrogens is 2. The van der Waals surface area contributed by atoms with E-state index in [2.05, 4.69) is 16.9 Å². The number of aliphatic hydroxyl groups excluding tert-OH is 1. The Labute approximate surface area is 110 Å². The highest BCUT2D eigenvalue weighted by Crippen LogP contribution is 2.15. The molecule has 0 fully saturated rings. The van der Waals surface area contributed by atoms with Crippen LogP contribution >= 0.6 is 0 Å². The molecule has 0 aliphatic carbocycles. The van der Waals surface area contributed by atoms with Gasteiger partial charge in [-0.15, -0.1) is 0 Å². The number of rotatable bonds is 4.